The fraction of sp³-hybridized carbons (Fsp3) is 0.600. The summed E-state index contributed by atoms with van der Waals surface area (Å²) in [6.45, 7) is 0.615. The summed E-state index contributed by atoms with van der Waals surface area (Å²) in [6.07, 6.45) is 2.84. The molecule has 2 rings (SSSR count). The van der Waals surface area contributed by atoms with Gasteiger partial charge < -0.3 is 10.5 Å². The molecule has 7 nitrogen and oxygen atoms in total. The Hall–Kier alpha value is -1.19. The van der Waals surface area contributed by atoms with Crippen molar-refractivity contribution in [1.29, 1.82) is 0 Å². The maximum Gasteiger partial charge on any atom is 0.236 e. The quantitative estimate of drug-likeness (QED) is 0.741. The van der Waals surface area contributed by atoms with Gasteiger partial charge in [0.2, 0.25) is 10.0 Å². The van der Waals surface area contributed by atoms with Gasteiger partial charge in [-0.05, 0) is 12.8 Å². The molecule has 1 aromatic heterocycles. The van der Waals surface area contributed by atoms with Crippen LogP contribution in [-0.4, -0.2) is 41.7 Å². The third kappa shape index (κ3) is 3.43. The van der Waals surface area contributed by atoms with E-state index in [4.69, 9.17) is 22.7 Å². The van der Waals surface area contributed by atoms with E-state index < -0.39 is 10.0 Å². The van der Waals surface area contributed by atoms with Gasteiger partial charge >= 0.3 is 0 Å². The lowest BCUT2D eigenvalue weighted by Crippen LogP contribution is -2.27. The molecule has 9 heteroatoms. The van der Waals surface area contributed by atoms with Gasteiger partial charge in [0.1, 0.15) is 10.8 Å². The lowest BCUT2D eigenvalue weighted by molar-refractivity contribution is 0.127. The summed E-state index contributed by atoms with van der Waals surface area (Å²) in [5.74, 6) is 0.208. The molecule has 1 aliphatic heterocycles. The third-order valence-electron chi connectivity index (χ3n) is 2.89. The van der Waals surface area contributed by atoms with Crippen molar-refractivity contribution >= 4 is 33.0 Å². The number of anilines is 1. The highest BCUT2D eigenvalue weighted by molar-refractivity contribution is 7.92. The fourth-order valence-corrected chi connectivity index (χ4v) is 3.47. The van der Waals surface area contributed by atoms with E-state index in [0.29, 0.717) is 12.2 Å². The first-order chi connectivity index (χ1) is 8.89. The highest BCUT2D eigenvalue weighted by Gasteiger charge is 2.25. The number of hydrogen-bond acceptors (Lipinski definition) is 5. The zero-order chi connectivity index (χ0) is 14.0. The lowest BCUT2D eigenvalue weighted by Gasteiger charge is -2.13. The monoisotopic (exact) mass is 304 g/mol. The van der Waals surface area contributed by atoms with E-state index >= 15 is 0 Å². The Kier molecular flexibility index (Phi) is 4.07. The number of thiocarbonyl (C=S) groups is 1. The van der Waals surface area contributed by atoms with Crippen molar-refractivity contribution in [2.24, 2.45) is 12.8 Å². The van der Waals surface area contributed by atoms with Gasteiger partial charge in [-0.25, -0.2) is 8.42 Å². The van der Waals surface area contributed by atoms with Crippen LogP contribution in [0.1, 0.15) is 18.4 Å². The minimum atomic E-state index is -3.52. The van der Waals surface area contributed by atoms with E-state index in [1.54, 1.807) is 7.05 Å². The van der Waals surface area contributed by atoms with Crippen molar-refractivity contribution in [2.45, 2.75) is 18.9 Å². The summed E-state index contributed by atoms with van der Waals surface area (Å²) < 4.78 is 33.3. The molecule has 0 aromatic carbocycles. The van der Waals surface area contributed by atoms with Crippen LogP contribution in [0, 0.1) is 0 Å². The molecule has 0 bridgehead atoms. The van der Waals surface area contributed by atoms with Gasteiger partial charge in [-0.2, -0.15) is 5.10 Å². The number of hydrogen-bond donors (Lipinski definition) is 2. The second-order valence-electron chi connectivity index (χ2n) is 4.41. The number of sulfonamides is 1. The number of aryl methyl sites for hydroxylation is 1. The summed E-state index contributed by atoms with van der Waals surface area (Å²) in [4.78, 5) is 0.0999. The molecular formula is C10H16N4O3S2. The summed E-state index contributed by atoms with van der Waals surface area (Å²) in [6, 6.07) is 0. The second kappa shape index (κ2) is 5.43. The van der Waals surface area contributed by atoms with Gasteiger partial charge in [0, 0.05) is 13.7 Å². The third-order valence-corrected chi connectivity index (χ3v) is 4.42. The number of nitrogens with two attached hydrogens (primary N) is 1. The van der Waals surface area contributed by atoms with Crippen LogP contribution in [0.2, 0.25) is 0 Å². The van der Waals surface area contributed by atoms with Crippen LogP contribution in [0.4, 0.5) is 5.82 Å². The molecule has 2 heterocycles. The Balaban J connectivity index is 2.15. The molecule has 1 atom stereocenters. The molecule has 106 valence electrons. The van der Waals surface area contributed by atoms with Crippen LogP contribution in [-0.2, 0) is 21.8 Å². The SMILES string of the molecule is Cn1ncc(C(N)=S)c1NS(=O)(=O)CC1CCCO1. The zero-order valence-corrected chi connectivity index (χ0v) is 12.1. The topological polar surface area (TPSA) is 99.2 Å². The molecule has 1 unspecified atom stereocenters. The van der Waals surface area contributed by atoms with Gasteiger partial charge in [-0.1, -0.05) is 12.2 Å². The number of nitrogens with zero attached hydrogens (tertiary/aromatic N) is 2. The minimum Gasteiger partial charge on any atom is -0.389 e. The summed E-state index contributed by atoms with van der Waals surface area (Å²) >= 11 is 4.86. The van der Waals surface area contributed by atoms with E-state index in [9.17, 15) is 8.42 Å². The maximum absolute atomic E-state index is 12.1. The molecular weight excluding hydrogens is 288 g/mol. The fourth-order valence-electron chi connectivity index (χ4n) is 1.95. The Bertz CT molecular complexity index is 576. The number of nitrogens with one attached hydrogen (secondary N) is 1. The number of ether oxygens (including phenoxy) is 1. The van der Waals surface area contributed by atoms with E-state index in [1.165, 1.54) is 10.9 Å². The molecule has 0 radical (unpaired) electrons. The van der Waals surface area contributed by atoms with Crippen LogP contribution < -0.4 is 10.5 Å². The van der Waals surface area contributed by atoms with Crippen molar-refractivity contribution in [3.05, 3.63) is 11.8 Å². The first kappa shape index (κ1) is 14.2. The van der Waals surface area contributed by atoms with Crippen LogP contribution in [0.5, 0.6) is 0 Å². The molecule has 3 N–H and O–H groups in total. The Morgan fingerprint density at radius 1 is 1.74 bits per heavy atom. The first-order valence-electron chi connectivity index (χ1n) is 5.83. The molecule has 1 aromatic rings. The number of aromatic nitrogens is 2. The molecule has 0 saturated carbocycles. The second-order valence-corrected chi connectivity index (χ2v) is 6.62. The standard InChI is InChI=1S/C10H16N4O3S2/c1-14-10(8(5-12-14)9(11)18)13-19(15,16)6-7-3-2-4-17-7/h5,7,13H,2-4,6H2,1H3,(H2,11,18). The van der Waals surface area contributed by atoms with Crippen LogP contribution in [0.15, 0.2) is 6.20 Å². The first-order valence-corrected chi connectivity index (χ1v) is 7.89. The average Bonchev–Trinajstić information content (AvgIpc) is 2.89. The Morgan fingerprint density at radius 3 is 3.05 bits per heavy atom. The molecule has 0 aliphatic carbocycles. The highest BCUT2D eigenvalue weighted by atomic mass is 32.2. The van der Waals surface area contributed by atoms with Gasteiger partial charge in [0.05, 0.1) is 23.6 Å². The van der Waals surface area contributed by atoms with Gasteiger partial charge in [0.25, 0.3) is 0 Å². The van der Waals surface area contributed by atoms with Gasteiger partial charge in [-0.15, -0.1) is 0 Å². The Morgan fingerprint density at radius 2 is 2.47 bits per heavy atom. The minimum absolute atomic E-state index is 0.0745. The van der Waals surface area contributed by atoms with Crippen molar-refractivity contribution in [3.8, 4) is 0 Å². The predicted molar refractivity (Wildman–Crippen MR) is 75.5 cm³/mol. The number of rotatable bonds is 5. The molecule has 19 heavy (non-hydrogen) atoms. The van der Waals surface area contributed by atoms with Gasteiger partial charge in [0.15, 0.2) is 0 Å². The summed E-state index contributed by atoms with van der Waals surface area (Å²) in [5, 5.41) is 3.94. The van der Waals surface area contributed by atoms with Crippen LogP contribution in [0.3, 0.4) is 0 Å². The maximum atomic E-state index is 12.1. The van der Waals surface area contributed by atoms with Crippen molar-refractivity contribution in [1.82, 2.24) is 9.78 Å². The van der Waals surface area contributed by atoms with Gasteiger partial charge in [-0.3, -0.25) is 9.40 Å². The lowest BCUT2D eigenvalue weighted by atomic mass is 10.3. The van der Waals surface area contributed by atoms with E-state index in [0.717, 1.165) is 12.8 Å². The van der Waals surface area contributed by atoms with Crippen LogP contribution >= 0.6 is 12.2 Å². The Labute approximate surface area is 117 Å². The normalized spacial score (nSPS) is 19.5. The van der Waals surface area contributed by atoms with E-state index in [-0.39, 0.29) is 22.7 Å². The largest absolute Gasteiger partial charge is 0.389 e. The molecule has 1 saturated heterocycles. The molecule has 1 fully saturated rings. The molecule has 0 spiro atoms. The van der Waals surface area contributed by atoms with E-state index in [1.807, 2.05) is 0 Å². The van der Waals surface area contributed by atoms with Crippen molar-refractivity contribution in [2.75, 3.05) is 17.1 Å². The molecule has 1 aliphatic rings. The predicted octanol–water partition coefficient (Wildman–Crippen LogP) is -0.0250. The van der Waals surface area contributed by atoms with Crippen LogP contribution in [0.25, 0.3) is 0 Å². The van der Waals surface area contributed by atoms with Crippen molar-refractivity contribution < 1.29 is 13.2 Å². The summed E-state index contributed by atoms with van der Waals surface area (Å²) in [7, 11) is -1.90. The smallest absolute Gasteiger partial charge is 0.236 e. The summed E-state index contributed by atoms with van der Waals surface area (Å²) in [5.41, 5.74) is 5.94. The van der Waals surface area contributed by atoms with Crippen molar-refractivity contribution in [3.63, 3.8) is 0 Å². The average molecular weight is 304 g/mol. The molecule has 0 amide bonds. The highest BCUT2D eigenvalue weighted by Crippen LogP contribution is 2.18. The van der Waals surface area contributed by atoms with E-state index in [2.05, 4.69) is 9.82 Å². The zero-order valence-electron chi connectivity index (χ0n) is 10.5.